The third-order valence-electron chi connectivity index (χ3n) is 8.55. The normalized spacial score (nSPS) is 11.4. The first-order valence-electron chi connectivity index (χ1n) is 17.5. The van der Waals surface area contributed by atoms with Crippen LogP contribution in [0, 0.1) is 0 Å². The van der Waals surface area contributed by atoms with Crippen molar-refractivity contribution in [2.45, 2.75) is 181 Å². The Hall–Kier alpha value is -1.57. The summed E-state index contributed by atoms with van der Waals surface area (Å²) in [5.74, 6) is 1.49. The van der Waals surface area contributed by atoms with Gasteiger partial charge < -0.3 is 0 Å². The maximum Gasteiger partial charge on any atom is 0.260 e. The minimum Gasteiger partial charge on any atom is -0.234 e. The van der Waals surface area contributed by atoms with Gasteiger partial charge in [-0.15, -0.1) is 0 Å². The molecule has 2 rings (SSSR count). The van der Waals surface area contributed by atoms with E-state index < -0.39 is 0 Å². The van der Waals surface area contributed by atoms with Crippen LogP contribution in [0.5, 0.6) is 0 Å². The van der Waals surface area contributed by atoms with Gasteiger partial charge in [-0.3, -0.25) is 0 Å². The number of aromatic nitrogens is 2. The van der Waals surface area contributed by atoms with Crippen molar-refractivity contribution in [2.24, 2.45) is 0 Å². The Bertz CT molecular complexity index is 778. The lowest BCUT2D eigenvalue weighted by atomic mass is 10.0. The number of rotatable bonds is 27. The highest BCUT2D eigenvalue weighted by molar-refractivity contribution is 5.18. The van der Waals surface area contributed by atoms with Gasteiger partial charge in [0.1, 0.15) is 12.4 Å². The average Bonchev–Trinajstić information content (AvgIpc) is 3.33. The number of hydrogen-bond acceptors (Lipinski definition) is 0. The van der Waals surface area contributed by atoms with Gasteiger partial charge in [0, 0.05) is 0 Å². The van der Waals surface area contributed by atoms with E-state index in [1.54, 1.807) is 0 Å². The van der Waals surface area contributed by atoms with Crippen LogP contribution in [0.1, 0.15) is 173 Å². The molecule has 1 aromatic carbocycles. The molecule has 39 heavy (non-hydrogen) atoms. The predicted molar refractivity (Wildman–Crippen MR) is 171 cm³/mol. The Kier molecular flexibility index (Phi) is 20.9. The third-order valence-corrected chi connectivity index (χ3v) is 8.55. The molecule has 0 fully saturated rings. The van der Waals surface area contributed by atoms with Crippen molar-refractivity contribution >= 4 is 0 Å². The molecule has 0 saturated carbocycles. The van der Waals surface area contributed by atoms with Crippen LogP contribution in [0.2, 0.25) is 0 Å². The van der Waals surface area contributed by atoms with E-state index in [0.29, 0.717) is 0 Å². The minimum atomic E-state index is 1.05. The number of aryl methyl sites for hydroxylation is 2. The van der Waals surface area contributed by atoms with Gasteiger partial charge in [0.15, 0.2) is 0 Å². The quantitative estimate of drug-likeness (QED) is 0.0791. The summed E-state index contributed by atoms with van der Waals surface area (Å²) in [6.07, 6.45) is 38.3. The second-order valence-electron chi connectivity index (χ2n) is 12.2. The van der Waals surface area contributed by atoms with Crippen LogP contribution in [-0.4, -0.2) is 4.57 Å². The van der Waals surface area contributed by atoms with Gasteiger partial charge in [-0.1, -0.05) is 166 Å². The summed E-state index contributed by atoms with van der Waals surface area (Å²) in [5.41, 5.74) is 1.43. The molecule has 0 N–H and O–H groups in total. The van der Waals surface area contributed by atoms with Gasteiger partial charge >= 0.3 is 0 Å². The van der Waals surface area contributed by atoms with E-state index in [-0.39, 0.29) is 0 Å². The summed E-state index contributed by atoms with van der Waals surface area (Å²) < 4.78 is 5.11. The van der Waals surface area contributed by atoms with Crippen LogP contribution in [0.15, 0.2) is 42.7 Å². The van der Waals surface area contributed by atoms with E-state index in [4.69, 9.17) is 0 Å². The van der Waals surface area contributed by atoms with Crippen LogP contribution in [-0.2, 0) is 19.5 Å². The maximum absolute atomic E-state index is 2.56. The Morgan fingerprint density at radius 3 is 1.44 bits per heavy atom. The molecule has 0 radical (unpaired) electrons. The molecule has 0 bridgehead atoms. The number of nitrogens with zero attached hydrogens (tertiary/aromatic N) is 2. The topological polar surface area (TPSA) is 8.81 Å². The van der Waals surface area contributed by atoms with Crippen molar-refractivity contribution in [2.75, 3.05) is 0 Å². The van der Waals surface area contributed by atoms with Crippen molar-refractivity contribution in [1.82, 2.24) is 4.57 Å². The molecule has 0 aliphatic rings. The van der Waals surface area contributed by atoms with Crippen molar-refractivity contribution in [1.29, 1.82) is 0 Å². The fourth-order valence-corrected chi connectivity index (χ4v) is 5.96. The van der Waals surface area contributed by atoms with Gasteiger partial charge in [0.05, 0.1) is 19.5 Å². The zero-order valence-corrected chi connectivity index (χ0v) is 26.3. The van der Waals surface area contributed by atoms with E-state index in [2.05, 4.69) is 65.7 Å². The number of imidazole rings is 1. The molecular weight excluding hydrogens is 472 g/mol. The number of unbranched alkanes of at least 4 members (excludes halogenated alkanes) is 21. The first-order chi connectivity index (χ1) is 19.3. The van der Waals surface area contributed by atoms with Crippen LogP contribution in [0.4, 0.5) is 0 Å². The molecule has 1 aromatic heterocycles. The summed E-state index contributed by atoms with van der Waals surface area (Å²) in [6, 6.07) is 11.1. The highest BCUT2D eigenvalue weighted by Gasteiger charge is 2.17. The molecule has 0 unspecified atom stereocenters. The first kappa shape index (κ1) is 33.6. The molecule has 0 aliphatic carbocycles. The number of hydrogen-bond donors (Lipinski definition) is 0. The number of benzene rings is 1. The standard InChI is InChI=1S/C37H65N2/c1-3-5-7-9-11-13-14-15-16-17-18-19-21-23-28-32-39-34-33-38(31-27-22-20-12-10-8-6-4-2)37(39)35-36-29-25-24-26-30-36/h24-26,29-30,33-34H,3-23,27-28,31-32,35H2,1-2H3/q+1. The van der Waals surface area contributed by atoms with Gasteiger partial charge in [0.2, 0.25) is 0 Å². The minimum absolute atomic E-state index is 1.05. The molecule has 0 saturated heterocycles. The van der Waals surface area contributed by atoms with E-state index in [1.807, 2.05) is 0 Å². The molecular formula is C37H65N2+. The lowest BCUT2D eigenvalue weighted by Crippen LogP contribution is -2.37. The SMILES string of the molecule is CCCCCCCCCCCCCCCCC[n+]1ccn(CCCCCCCCCC)c1Cc1ccccc1. The Morgan fingerprint density at radius 2 is 0.949 bits per heavy atom. The van der Waals surface area contributed by atoms with Crippen LogP contribution in [0.25, 0.3) is 0 Å². The molecule has 0 atom stereocenters. The fourth-order valence-electron chi connectivity index (χ4n) is 5.96. The van der Waals surface area contributed by atoms with Gasteiger partial charge in [-0.25, -0.2) is 9.13 Å². The van der Waals surface area contributed by atoms with Gasteiger partial charge in [0.25, 0.3) is 5.82 Å². The summed E-state index contributed by atoms with van der Waals surface area (Å²) >= 11 is 0. The summed E-state index contributed by atoms with van der Waals surface area (Å²) in [4.78, 5) is 0. The largest absolute Gasteiger partial charge is 0.260 e. The van der Waals surface area contributed by atoms with Crippen LogP contribution in [0.3, 0.4) is 0 Å². The molecule has 0 amide bonds. The fraction of sp³-hybridized carbons (Fsp3) is 0.757. The second-order valence-corrected chi connectivity index (χ2v) is 12.2. The van der Waals surface area contributed by atoms with Gasteiger partial charge in [-0.2, -0.15) is 0 Å². The molecule has 222 valence electrons. The zero-order valence-electron chi connectivity index (χ0n) is 26.3. The van der Waals surface area contributed by atoms with E-state index in [9.17, 15) is 0 Å². The summed E-state index contributed by atoms with van der Waals surface area (Å²) in [6.45, 7) is 6.95. The predicted octanol–water partition coefficient (Wildman–Crippen LogP) is 11.4. The molecule has 0 aliphatic heterocycles. The van der Waals surface area contributed by atoms with Crippen molar-refractivity contribution < 1.29 is 4.57 Å². The van der Waals surface area contributed by atoms with Crippen LogP contribution >= 0.6 is 0 Å². The van der Waals surface area contributed by atoms with Crippen LogP contribution < -0.4 is 4.57 Å². The first-order valence-corrected chi connectivity index (χ1v) is 17.5. The Labute approximate surface area is 244 Å². The Morgan fingerprint density at radius 1 is 0.513 bits per heavy atom. The van der Waals surface area contributed by atoms with Crippen molar-refractivity contribution in [3.63, 3.8) is 0 Å². The lowest BCUT2D eigenvalue weighted by Gasteiger charge is -2.07. The summed E-state index contributed by atoms with van der Waals surface area (Å²) in [5, 5.41) is 0. The molecule has 2 heteroatoms. The smallest absolute Gasteiger partial charge is 0.234 e. The van der Waals surface area contributed by atoms with E-state index in [0.717, 1.165) is 6.42 Å². The Balaban J connectivity index is 1.60. The molecule has 0 spiro atoms. The van der Waals surface area contributed by atoms with E-state index in [1.165, 1.54) is 172 Å². The zero-order chi connectivity index (χ0) is 27.6. The monoisotopic (exact) mass is 538 g/mol. The molecule has 2 nitrogen and oxygen atoms in total. The van der Waals surface area contributed by atoms with E-state index >= 15 is 0 Å². The highest BCUT2D eigenvalue weighted by Crippen LogP contribution is 2.15. The molecule has 2 aromatic rings. The second kappa shape index (κ2) is 24.2. The van der Waals surface area contributed by atoms with Crippen molar-refractivity contribution in [3.05, 3.63) is 54.1 Å². The highest BCUT2D eigenvalue weighted by atomic mass is 15.1. The average molecular weight is 538 g/mol. The maximum atomic E-state index is 2.56. The summed E-state index contributed by atoms with van der Waals surface area (Å²) in [7, 11) is 0. The lowest BCUT2D eigenvalue weighted by molar-refractivity contribution is -0.703. The molecule has 1 heterocycles. The van der Waals surface area contributed by atoms with Gasteiger partial charge in [-0.05, 0) is 31.2 Å². The van der Waals surface area contributed by atoms with Crippen molar-refractivity contribution in [3.8, 4) is 0 Å². The third kappa shape index (κ3) is 17.0.